The summed E-state index contributed by atoms with van der Waals surface area (Å²) < 4.78 is 0. The van der Waals surface area contributed by atoms with Gasteiger partial charge < -0.3 is 16.0 Å². The van der Waals surface area contributed by atoms with Crippen LogP contribution in [0.15, 0.2) is 17.5 Å². The Hall–Kier alpha value is -1.52. The van der Waals surface area contributed by atoms with E-state index in [9.17, 15) is 19.2 Å². The highest BCUT2D eigenvalue weighted by Crippen LogP contribution is 2.39. The lowest BCUT2D eigenvalue weighted by atomic mass is 10.0. The summed E-state index contributed by atoms with van der Waals surface area (Å²) in [6, 6.07) is 2.00. The highest BCUT2D eigenvalue weighted by atomic mass is 33.1. The van der Waals surface area contributed by atoms with Gasteiger partial charge in [-0.15, -0.1) is 11.3 Å². The summed E-state index contributed by atoms with van der Waals surface area (Å²) in [6.45, 7) is 6.02. The number of thiophene rings is 1. The van der Waals surface area contributed by atoms with E-state index in [-0.39, 0.29) is 18.2 Å². The average molecular weight is 528 g/mol. The molecule has 1 aromatic rings. The number of nitrogens with one attached hydrogen (secondary N) is 3. The minimum absolute atomic E-state index is 0.154. The molecule has 0 spiro atoms. The van der Waals surface area contributed by atoms with Crippen molar-refractivity contribution in [2.24, 2.45) is 5.92 Å². The smallest absolute Gasteiger partial charge is 0.289 e. The van der Waals surface area contributed by atoms with Gasteiger partial charge in [-0.1, -0.05) is 47.9 Å². The van der Waals surface area contributed by atoms with Crippen LogP contribution < -0.4 is 16.0 Å². The number of likely N-dealkylation sites (N-methyl/N-ethyl adjacent to an activating group) is 1. The number of carbonyl (C=O) groups excluding carboxylic acids is 4. The van der Waals surface area contributed by atoms with Crippen LogP contribution >= 0.6 is 32.9 Å². The van der Waals surface area contributed by atoms with E-state index in [0.717, 1.165) is 24.1 Å². The Morgan fingerprint density at radius 1 is 1.12 bits per heavy atom. The summed E-state index contributed by atoms with van der Waals surface area (Å²) in [4.78, 5) is 51.5. The minimum Gasteiger partial charge on any atom is -0.350 e. The van der Waals surface area contributed by atoms with Crippen molar-refractivity contribution in [3.8, 4) is 0 Å². The molecule has 0 aromatic carbocycles. The zero-order valence-electron chi connectivity index (χ0n) is 20.3. The average Bonchev–Trinajstić information content (AvgIpc) is 3.49. The molecule has 0 aliphatic carbocycles. The molecule has 0 bridgehead atoms. The third-order valence-corrected chi connectivity index (χ3v) is 9.35. The molecule has 1 aromatic heterocycles. The van der Waals surface area contributed by atoms with Gasteiger partial charge in [0.1, 0.15) is 12.1 Å². The first-order valence-electron chi connectivity index (χ1n) is 12.0. The van der Waals surface area contributed by atoms with E-state index < -0.39 is 29.7 Å². The second kappa shape index (κ2) is 15.5. The van der Waals surface area contributed by atoms with Gasteiger partial charge in [0.05, 0.1) is 0 Å². The van der Waals surface area contributed by atoms with Crippen LogP contribution in [0.3, 0.4) is 0 Å². The first kappa shape index (κ1) is 28.7. The SMILES string of the molecule is CCNC(=O)C(=O)[C@H](Cc1cccs1)NC(=O)[C@H](CC(C)C)NC(=O)CCCCC1CCSS1. The Bertz CT molecular complexity index is 795. The molecule has 3 amide bonds. The van der Waals surface area contributed by atoms with E-state index in [4.69, 9.17) is 0 Å². The third-order valence-electron chi connectivity index (χ3n) is 5.45. The largest absolute Gasteiger partial charge is 0.350 e. The summed E-state index contributed by atoms with van der Waals surface area (Å²) in [7, 11) is 3.86. The molecular weight excluding hydrogens is 490 g/mol. The van der Waals surface area contributed by atoms with Crippen LogP contribution in [0.25, 0.3) is 0 Å². The maximum absolute atomic E-state index is 13.1. The van der Waals surface area contributed by atoms with Crippen LogP contribution in [0.5, 0.6) is 0 Å². The number of carbonyl (C=O) groups is 4. The number of unbranched alkanes of at least 4 members (excludes halogenated alkanes) is 1. The van der Waals surface area contributed by atoms with Gasteiger partial charge in [-0.3, -0.25) is 19.2 Å². The summed E-state index contributed by atoms with van der Waals surface area (Å²) in [5.41, 5.74) is 0. The number of hydrogen-bond acceptors (Lipinski definition) is 7. The van der Waals surface area contributed by atoms with E-state index in [1.807, 2.05) is 52.9 Å². The van der Waals surface area contributed by atoms with Crippen LogP contribution in [-0.4, -0.2) is 53.1 Å². The molecule has 2 rings (SSSR count). The lowest BCUT2D eigenvalue weighted by molar-refractivity contribution is -0.140. The van der Waals surface area contributed by atoms with Crippen LogP contribution in [0, 0.1) is 5.92 Å². The van der Waals surface area contributed by atoms with Crippen LogP contribution in [0.4, 0.5) is 0 Å². The highest BCUT2D eigenvalue weighted by molar-refractivity contribution is 8.77. The van der Waals surface area contributed by atoms with Gasteiger partial charge in [0.25, 0.3) is 5.91 Å². The van der Waals surface area contributed by atoms with Crippen molar-refractivity contribution in [1.82, 2.24) is 16.0 Å². The third kappa shape index (κ3) is 10.4. The summed E-state index contributed by atoms with van der Waals surface area (Å²) in [6.07, 6.45) is 5.21. The van der Waals surface area contributed by atoms with Gasteiger partial charge in [0.15, 0.2) is 0 Å². The fraction of sp³-hybridized carbons (Fsp3) is 0.667. The number of rotatable bonds is 15. The fourth-order valence-corrected chi connectivity index (χ4v) is 7.49. The normalized spacial score (nSPS) is 17.2. The van der Waals surface area contributed by atoms with Crippen LogP contribution in [0.2, 0.25) is 0 Å². The van der Waals surface area contributed by atoms with Crippen molar-refractivity contribution < 1.29 is 19.2 Å². The number of hydrogen-bond donors (Lipinski definition) is 3. The molecule has 1 saturated heterocycles. The van der Waals surface area contributed by atoms with Crippen molar-refractivity contribution in [1.29, 1.82) is 0 Å². The zero-order chi connectivity index (χ0) is 24.9. The van der Waals surface area contributed by atoms with Gasteiger partial charge in [-0.25, -0.2) is 0 Å². The molecule has 1 unspecified atom stereocenters. The maximum atomic E-state index is 13.1. The molecule has 1 fully saturated rings. The lowest BCUT2D eigenvalue weighted by Gasteiger charge is -2.23. The summed E-state index contributed by atoms with van der Waals surface area (Å²) in [5.74, 6) is -0.603. The monoisotopic (exact) mass is 527 g/mol. The Balaban J connectivity index is 1.95. The summed E-state index contributed by atoms with van der Waals surface area (Å²) in [5, 5.41) is 10.7. The Kier molecular flexibility index (Phi) is 13.1. The first-order valence-corrected chi connectivity index (χ1v) is 15.3. The second-order valence-electron chi connectivity index (χ2n) is 8.89. The predicted octanol–water partition coefficient (Wildman–Crippen LogP) is 3.73. The molecule has 3 atom stereocenters. The molecule has 0 saturated carbocycles. The van der Waals surface area contributed by atoms with Gasteiger partial charge in [-0.05, 0) is 50.0 Å². The minimum atomic E-state index is -0.981. The molecule has 2 heterocycles. The molecule has 10 heteroatoms. The van der Waals surface area contributed by atoms with E-state index in [1.54, 1.807) is 6.92 Å². The topological polar surface area (TPSA) is 104 Å². The molecule has 7 nitrogen and oxygen atoms in total. The summed E-state index contributed by atoms with van der Waals surface area (Å²) >= 11 is 1.46. The van der Waals surface area contributed by atoms with E-state index in [0.29, 0.717) is 24.6 Å². The molecule has 1 aliphatic heterocycles. The quantitative estimate of drug-likeness (QED) is 0.182. The van der Waals surface area contributed by atoms with E-state index in [1.165, 1.54) is 23.5 Å². The Morgan fingerprint density at radius 2 is 1.91 bits per heavy atom. The lowest BCUT2D eigenvalue weighted by Crippen LogP contribution is -2.54. The van der Waals surface area contributed by atoms with E-state index >= 15 is 0 Å². The maximum Gasteiger partial charge on any atom is 0.289 e. The van der Waals surface area contributed by atoms with Gasteiger partial charge >= 0.3 is 0 Å². The van der Waals surface area contributed by atoms with Crippen molar-refractivity contribution in [2.45, 2.75) is 83.1 Å². The number of ketones is 1. The molecular formula is C24H37N3O4S3. The molecule has 190 valence electrons. The van der Waals surface area contributed by atoms with Crippen molar-refractivity contribution in [2.75, 3.05) is 12.3 Å². The molecule has 1 aliphatic rings. The predicted molar refractivity (Wildman–Crippen MR) is 142 cm³/mol. The van der Waals surface area contributed by atoms with Crippen LogP contribution in [-0.2, 0) is 25.6 Å². The first-order chi connectivity index (χ1) is 16.3. The van der Waals surface area contributed by atoms with E-state index in [2.05, 4.69) is 16.0 Å². The van der Waals surface area contributed by atoms with Gasteiger partial charge in [0, 0.05) is 35.3 Å². The molecule has 0 radical (unpaired) electrons. The van der Waals surface area contributed by atoms with Crippen LogP contribution in [0.1, 0.15) is 64.2 Å². The Morgan fingerprint density at radius 3 is 2.53 bits per heavy atom. The fourth-order valence-electron chi connectivity index (χ4n) is 3.71. The second-order valence-corrected chi connectivity index (χ2v) is 12.7. The van der Waals surface area contributed by atoms with Gasteiger partial charge in [0.2, 0.25) is 17.6 Å². The molecule has 3 N–H and O–H groups in total. The van der Waals surface area contributed by atoms with Crippen molar-refractivity contribution >= 4 is 56.4 Å². The number of Topliss-reactive ketones (excluding diaryl/α,β-unsaturated/α-hetero) is 1. The molecule has 34 heavy (non-hydrogen) atoms. The van der Waals surface area contributed by atoms with Gasteiger partial charge in [-0.2, -0.15) is 0 Å². The Labute approximate surface area is 214 Å². The van der Waals surface area contributed by atoms with Crippen molar-refractivity contribution in [3.05, 3.63) is 22.4 Å². The van der Waals surface area contributed by atoms with Crippen molar-refractivity contribution in [3.63, 3.8) is 0 Å². The standard InChI is InChI=1S/C24H37N3O4S3/c1-4-25-24(31)22(29)19(15-18-9-7-12-32-18)27-23(30)20(14-16(2)3)26-21(28)10-6-5-8-17-11-13-33-34-17/h7,9,12,16-17,19-20H,4-6,8,10-11,13-15H2,1-3H3,(H,25,31)(H,26,28)(H,27,30)/t17?,19-,20-/m0/s1. The highest BCUT2D eigenvalue weighted by Gasteiger charge is 2.30. The zero-order valence-corrected chi connectivity index (χ0v) is 22.7. The number of amides is 3.